The van der Waals surface area contributed by atoms with Crippen LogP contribution in [0.1, 0.15) is 22.7 Å². The zero-order valence-corrected chi connectivity index (χ0v) is 22.8. The van der Waals surface area contributed by atoms with E-state index in [4.69, 9.17) is 14.2 Å². The average molecular weight is 539 g/mol. The van der Waals surface area contributed by atoms with Crippen molar-refractivity contribution < 1.29 is 23.8 Å². The molecule has 4 aromatic rings. The Hall–Kier alpha value is -4.78. The van der Waals surface area contributed by atoms with Crippen LogP contribution in [0.25, 0.3) is 0 Å². The molecule has 206 valence electrons. The number of rotatable bonds is 13. The van der Waals surface area contributed by atoms with Crippen LogP contribution in [0.2, 0.25) is 0 Å². The van der Waals surface area contributed by atoms with Crippen LogP contribution in [-0.4, -0.2) is 44.1 Å². The average Bonchev–Trinajstić information content (AvgIpc) is 3.01. The first kappa shape index (κ1) is 28.2. The summed E-state index contributed by atoms with van der Waals surface area (Å²) in [6, 6.07) is 33.0. The summed E-state index contributed by atoms with van der Waals surface area (Å²) >= 11 is 0. The van der Waals surface area contributed by atoms with Crippen molar-refractivity contribution in [2.75, 3.05) is 27.4 Å². The third-order valence-corrected chi connectivity index (χ3v) is 6.46. The summed E-state index contributed by atoms with van der Waals surface area (Å²) in [5.74, 6) is 1.30. The van der Waals surface area contributed by atoms with Gasteiger partial charge in [0.25, 0.3) is 5.91 Å². The van der Waals surface area contributed by atoms with Crippen LogP contribution in [0.3, 0.4) is 0 Å². The number of hydrogen-bond donors (Lipinski definition) is 1. The van der Waals surface area contributed by atoms with Gasteiger partial charge in [-0.15, -0.1) is 0 Å². The van der Waals surface area contributed by atoms with Gasteiger partial charge in [-0.1, -0.05) is 84.9 Å². The molecule has 0 aliphatic heterocycles. The lowest BCUT2D eigenvalue weighted by atomic mass is 10.0. The van der Waals surface area contributed by atoms with Crippen LogP contribution in [0.5, 0.6) is 17.2 Å². The van der Waals surface area contributed by atoms with E-state index in [0.717, 1.165) is 16.7 Å². The summed E-state index contributed by atoms with van der Waals surface area (Å²) in [5, 5.41) is 3.05. The molecule has 0 aromatic heterocycles. The molecule has 0 bridgehead atoms. The highest BCUT2D eigenvalue weighted by atomic mass is 16.5. The van der Waals surface area contributed by atoms with Gasteiger partial charge in [0.05, 0.1) is 14.2 Å². The summed E-state index contributed by atoms with van der Waals surface area (Å²) in [5.41, 5.74) is 2.62. The van der Waals surface area contributed by atoms with Crippen molar-refractivity contribution in [2.24, 2.45) is 0 Å². The van der Waals surface area contributed by atoms with E-state index in [9.17, 15) is 9.59 Å². The van der Waals surface area contributed by atoms with E-state index in [1.165, 1.54) is 0 Å². The van der Waals surface area contributed by atoms with Crippen LogP contribution in [-0.2, 0) is 22.6 Å². The van der Waals surface area contributed by atoms with Gasteiger partial charge in [0.2, 0.25) is 5.91 Å². The van der Waals surface area contributed by atoms with Gasteiger partial charge < -0.3 is 24.4 Å². The largest absolute Gasteiger partial charge is 0.493 e. The monoisotopic (exact) mass is 538 g/mol. The Balaban J connectivity index is 1.55. The molecule has 1 atom stereocenters. The summed E-state index contributed by atoms with van der Waals surface area (Å²) in [6.45, 7) is 0.436. The van der Waals surface area contributed by atoms with Crippen LogP contribution in [0.4, 0.5) is 0 Å². The van der Waals surface area contributed by atoms with Crippen molar-refractivity contribution in [2.45, 2.75) is 19.0 Å². The van der Waals surface area contributed by atoms with Crippen molar-refractivity contribution in [3.05, 3.63) is 126 Å². The summed E-state index contributed by atoms with van der Waals surface area (Å²) in [6.07, 6.45) is 0.581. The Morgan fingerprint density at radius 3 is 2.02 bits per heavy atom. The predicted molar refractivity (Wildman–Crippen MR) is 154 cm³/mol. The second-order valence-electron chi connectivity index (χ2n) is 9.15. The molecule has 0 heterocycles. The molecule has 7 nitrogen and oxygen atoms in total. The Bertz CT molecular complexity index is 1360. The SMILES string of the molecule is COc1ccc(CCNC(=O)[C@H](c2ccccc2)N(Cc2ccccc2)C(=O)COc2ccccc2)cc1OC. The van der Waals surface area contributed by atoms with Gasteiger partial charge in [0.15, 0.2) is 18.1 Å². The van der Waals surface area contributed by atoms with Gasteiger partial charge in [-0.05, 0) is 47.4 Å². The lowest BCUT2D eigenvalue weighted by Crippen LogP contribution is -2.45. The van der Waals surface area contributed by atoms with E-state index in [-0.39, 0.29) is 25.0 Å². The molecule has 4 aromatic carbocycles. The number of hydrogen-bond acceptors (Lipinski definition) is 5. The number of ether oxygens (including phenoxy) is 3. The minimum absolute atomic E-state index is 0.195. The minimum Gasteiger partial charge on any atom is -0.493 e. The number of nitrogens with zero attached hydrogens (tertiary/aromatic N) is 1. The van der Waals surface area contributed by atoms with Crippen molar-refractivity contribution in [1.82, 2.24) is 10.2 Å². The highest BCUT2D eigenvalue weighted by Crippen LogP contribution is 2.28. The van der Waals surface area contributed by atoms with E-state index >= 15 is 0 Å². The molecule has 0 fully saturated rings. The first-order valence-electron chi connectivity index (χ1n) is 13.1. The predicted octanol–water partition coefficient (Wildman–Crippen LogP) is 5.21. The number of amides is 2. The fourth-order valence-electron chi connectivity index (χ4n) is 4.42. The van der Waals surface area contributed by atoms with E-state index < -0.39 is 6.04 Å². The van der Waals surface area contributed by atoms with Crippen molar-refractivity contribution in [3.8, 4) is 17.2 Å². The van der Waals surface area contributed by atoms with Crippen LogP contribution in [0, 0.1) is 0 Å². The zero-order chi connectivity index (χ0) is 28.2. The number of para-hydroxylation sites is 1. The maximum Gasteiger partial charge on any atom is 0.261 e. The fraction of sp³-hybridized carbons (Fsp3) is 0.212. The molecule has 1 N–H and O–H groups in total. The molecule has 0 aliphatic carbocycles. The van der Waals surface area contributed by atoms with E-state index in [1.54, 1.807) is 31.3 Å². The number of benzene rings is 4. The van der Waals surface area contributed by atoms with Gasteiger partial charge in [-0.2, -0.15) is 0 Å². The smallest absolute Gasteiger partial charge is 0.261 e. The van der Waals surface area contributed by atoms with Gasteiger partial charge in [-0.25, -0.2) is 0 Å². The molecule has 4 rings (SSSR count). The number of carbonyl (C=O) groups excluding carboxylic acids is 2. The van der Waals surface area contributed by atoms with E-state index in [0.29, 0.717) is 30.2 Å². The van der Waals surface area contributed by atoms with Crippen molar-refractivity contribution >= 4 is 11.8 Å². The fourth-order valence-corrected chi connectivity index (χ4v) is 4.42. The van der Waals surface area contributed by atoms with Gasteiger partial charge in [0.1, 0.15) is 11.8 Å². The number of carbonyl (C=O) groups is 2. The topological polar surface area (TPSA) is 77.1 Å². The number of nitrogens with one attached hydrogen (secondary N) is 1. The van der Waals surface area contributed by atoms with Crippen LogP contribution in [0.15, 0.2) is 109 Å². The second-order valence-corrected chi connectivity index (χ2v) is 9.15. The van der Waals surface area contributed by atoms with Crippen molar-refractivity contribution in [3.63, 3.8) is 0 Å². The Morgan fingerprint density at radius 2 is 1.38 bits per heavy atom. The maximum absolute atomic E-state index is 13.8. The molecule has 0 radical (unpaired) electrons. The molecule has 0 unspecified atom stereocenters. The zero-order valence-electron chi connectivity index (χ0n) is 22.8. The van der Waals surface area contributed by atoms with Crippen LogP contribution >= 0.6 is 0 Å². The second kappa shape index (κ2) is 14.4. The first-order chi connectivity index (χ1) is 19.6. The van der Waals surface area contributed by atoms with Crippen LogP contribution < -0.4 is 19.5 Å². The molecule has 40 heavy (non-hydrogen) atoms. The normalized spacial score (nSPS) is 11.2. The van der Waals surface area contributed by atoms with Gasteiger partial charge in [0, 0.05) is 13.1 Å². The molecule has 0 saturated carbocycles. The molecule has 0 aliphatic rings. The Kier molecular flexibility index (Phi) is 10.2. The highest BCUT2D eigenvalue weighted by Gasteiger charge is 2.31. The highest BCUT2D eigenvalue weighted by molar-refractivity contribution is 5.89. The molecule has 7 heteroatoms. The first-order valence-corrected chi connectivity index (χ1v) is 13.1. The Morgan fingerprint density at radius 1 is 0.750 bits per heavy atom. The molecular formula is C33H34N2O5. The summed E-state index contributed by atoms with van der Waals surface area (Å²) in [4.78, 5) is 29.0. The molecule has 0 spiro atoms. The third-order valence-electron chi connectivity index (χ3n) is 6.46. The molecule has 2 amide bonds. The molecule has 0 saturated heterocycles. The minimum atomic E-state index is -0.848. The molecular weight excluding hydrogens is 504 g/mol. The Labute approximate surface area is 235 Å². The summed E-state index contributed by atoms with van der Waals surface area (Å²) < 4.78 is 16.5. The van der Waals surface area contributed by atoms with Gasteiger partial charge in [-0.3, -0.25) is 9.59 Å². The quantitative estimate of drug-likeness (QED) is 0.253. The van der Waals surface area contributed by atoms with E-state index in [2.05, 4.69) is 5.32 Å². The summed E-state index contributed by atoms with van der Waals surface area (Å²) in [7, 11) is 3.18. The lowest BCUT2D eigenvalue weighted by Gasteiger charge is -2.31. The van der Waals surface area contributed by atoms with Gasteiger partial charge >= 0.3 is 0 Å². The maximum atomic E-state index is 13.8. The van der Waals surface area contributed by atoms with E-state index in [1.807, 2.05) is 97.1 Å². The van der Waals surface area contributed by atoms with Crippen molar-refractivity contribution in [1.29, 1.82) is 0 Å². The lowest BCUT2D eigenvalue weighted by molar-refractivity contribution is -0.143. The third kappa shape index (κ3) is 7.63. The standard InChI is InChI=1S/C33H34N2O5/c1-38-29-19-18-25(22-30(29)39-2)20-21-34-33(37)32(27-14-8-4-9-15-27)35(23-26-12-6-3-7-13-26)31(36)24-40-28-16-10-5-11-17-28/h3-19,22,32H,20-21,23-24H2,1-2H3,(H,34,37)/t32-/m0/s1. The number of methoxy groups -OCH3 is 2.